The Morgan fingerprint density at radius 3 is 2.16 bits per heavy atom. The minimum atomic E-state index is -0.718. The van der Waals surface area contributed by atoms with E-state index in [4.69, 9.17) is 9.47 Å². The summed E-state index contributed by atoms with van der Waals surface area (Å²) in [5.74, 6) is -1.15. The summed E-state index contributed by atoms with van der Waals surface area (Å²) >= 11 is 0. The lowest BCUT2D eigenvalue weighted by molar-refractivity contribution is -0.146. The van der Waals surface area contributed by atoms with Crippen molar-refractivity contribution in [3.63, 3.8) is 0 Å². The van der Waals surface area contributed by atoms with Gasteiger partial charge in [0.1, 0.15) is 12.3 Å². The standard InChI is InChI=1S/C24H22N2O5/c1-30-21-10-6-5-9-20(21)26-22(27)16-31-23(28)15-25-24(29)19-13-11-18(12-14-19)17-7-3-2-4-8-17/h2-14H,15-16H2,1H3,(H,25,29)(H,26,27). The highest BCUT2D eigenvalue weighted by atomic mass is 16.5. The normalized spacial score (nSPS) is 10.1. The van der Waals surface area contributed by atoms with Gasteiger partial charge in [0.25, 0.3) is 11.8 Å². The van der Waals surface area contributed by atoms with Gasteiger partial charge in [-0.1, -0.05) is 54.6 Å². The van der Waals surface area contributed by atoms with Gasteiger partial charge in [-0.3, -0.25) is 14.4 Å². The number of para-hydroxylation sites is 2. The van der Waals surface area contributed by atoms with Crippen molar-refractivity contribution in [3.05, 3.63) is 84.4 Å². The summed E-state index contributed by atoms with van der Waals surface area (Å²) in [6.45, 7) is -0.820. The van der Waals surface area contributed by atoms with Crippen molar-refractivity contribution < 1.29 is 23.9 Å². The predicted octanol–water partition coefficient (Wildman–Crippen LogP) is 3.27. The first-order valence-electron chi connectivity index (χ1n) is 9.59. The van der Waals surface area contributed by atoms with Gasteiger partial charge >= 0.3 is 5.97 Å². The molecule has 2 N–H and O–H groups in total. The average molecular weight is 418 g/mol. The topological polar surface area (TPSA) is 93.7 Å². The molecule has 0 atom stereocenters. The Hall–Kier alpha value is -4.13. The molecule has 2 amide bonds. The second-order valence-electron chi connectivity index (χ2n) is 6.54. The Labute approximate surface area is 180 Å². The number of carbonyl (C=O) groups excluding carboxylic acids is 3. The first-order chi connectivity index (χ1) is 15.1. The van der Waals surface area contributed by atoms with Gasteiger partial charge in [0.15, 0.2) is 6.61 Å². The van der Waals surface area contributed by atoms with E-state index >= 15 is 0 Å². The van der Waals surface area contributed by atoms with Gasteiger partial charge < -0.3 is 20.1 Å². The summed E-state index contributed by atoms with van der Waals surface area (Å²) < 4.78 is 10.0. The van der Waals surface area contributed by atoms with E-state index in [1.807, 2.05) is 42.5 Å². The molecule has 3 aromatic rings. The number of amides is 2. The molecule has 3 aromatic carbocycles. The van der Waals surface area contributed by atoms with E-state index in [9.17, 15) is 14.4 Å². The third kappa shape index (κ3) is 6.17. The van der Waals surface area contributed by atoms with Crippen LogP contribution in [0.2, 0.25) is 0 Å². The van der Waals surface area contributed by atoms with E-state index in [1.54, 1.807) is 36.4 Å². The van der Waals surface area contributed by atoms with Gasteiger partial charge in [0, 0.05) is 5.56 Å². The van der Waals surface area contributed by atoms with Crippen molar-refractivity contribution in [2.75, 3.05) is 25.6 Å². The van der Waals surface area contributed by atoms with Crippen molar-refractivity contribution >= 4 is 23.5 Å². The molecule has 7 heteroatoms. The van der Waals surface area contributed by atoms with E-state index in [0.717, 1.165) is 11.1 Å². The van der Waals surface area contributed by atoms with Gasteiger partial charge in [-0.25, -0.2) is 0 Å². The molecule has 0 fully saturated rings. The Kier molecular flexibility index (Phi) is 7.37. The molecule has 0 unspecified atom stereocenters. The second kappa shape index (κ2) is 10.6. The third-order valence-electron chi connectivity index (χ3n) is 4.39. The van der Waals surface area contributed by atoms with Gasteiger partial charge in [-0.15, -0.1) is 0 Å². The highest BCUT2D eigenvalue weighted by molar-refractivity contribution is 5.97. The fourth-order valence-electron chi connectivity index (χ4n) is 2.83. The zero-order valence-corrected chi connectivity index (χ0v) is 17.0. The van der Waals surface area contributed by atoms with Crippen LogP contribution in [0.15, 0.2) is 78.9 Å². The lowest BCUT2D eigenvalue weighted by atomic mass is 10.0. The summed E-state index contributed by atoms with van der Waals surface area (Å²) in [7, 11) is 1.49. The van der Waals surface area contributed by atoms with Crippen LogP contribution in [-0.4, -0.2) is 38.0 Å². The van der Waals surface area contributed by atoms with Crippen LogP contribution >= 0.6 is 0 Å². The van der Waals surface area contributed by atoms with Crippen molar-refractivity contribution in [1.82, 2.24) is 5.32 Å². The van der Waals surface area contributed by atoms with Crippen molar-refractivity contribution in [2.24, 2.45) is 0 Å². The SMILES string of the molecule is COc1ccccc1NC(=O)COC(=O)CNC(=O)c1ccc(-c2ccccc2)cc1. The Morgan fingerprint density at radius 2 is 1.45 bits per heavy atom. The number of methoxy groups -OCH3 is 1. The number of anilines is 1. The fourth-order valence-corrected chi connectivity index (χ4v) is 2.83. The molecule has 0 saturated carbocycles. The van der Waals surface area contributed by atoms with Crippen LogP contribution in [0.3, 0.4) is 0 Å². The monoisotopic (exact) mass is 418 g/mol. The number of hydrogen-bond acceptors (Lipinski definition) is 5. The molecular weight excluding hydrogens is 396 g/mol. The van der Waals surface area contributed by atoms with Gasteiger partial charge in [-0.05, 0) is 35.4 Å². The van der Waals surface area contributed by atoms with E-state index in [0.29, 0.717) is 17.0 Å². The first kappa shape index (κ1) is 21.6. The van der Waals surface area contributed by atoms with E-state index in [1.165, 1.54) is 7.11 Å². The molecule has 3 rings (SSSR count). The van der Waals surface area contributed by atoms with Crippen molar-refractivity contribution in [3.8, 4) is 16.9 Å². The molecule has 0 aliphatic carbocycles. The number of hydrogen-bond donors (Lipinski definition) is 2. The third-order valence-corrected chi connectivity index (χ3v) is 4.39. The Bertz CT molecular complexity index is 1050. The summed E-state index contributed by atoms with van der Waals surface area (Å²) in [5, 5.41) is 5.08. The molecule has 0 aliphatic heterocycles. The molecular formula is C24H22N2O5. The van der Waals surface area contributed by atoms with Crippen LogP contribution in [0, 0.1) is 0 Å². The molecule has 0 spiro atoms. The molecule has 0 bridgehead atoms. The van der Waals surface area contributed by atoms with Crippen molar-refractivity contribution in [2.45, 2.75) is 0 Å². The zero-order chi connectivity index (χ0) is 22.1. The minimum absolute atomic E-state index is 0.346. The largest absolute Gasteiger partial charge is 0.495 e. The van der Waals surface area contributed by atoms with Gasteiger partial charge in [0.2, 0.25) is 0 Å². The molecule has 0 aliphatic rings. The van der Waals surface area contributed by atoms with Gasteiger partial charge in [-0.2, -0.15) is 0 Å². The number of carbonyl (C=O) groups is 3. The molecule has 31 heavy (non-hydrogen) atoms. The Morgan fingerprint density at radius 1 is 0.806 bits per heavy atom. The van der Waals surface area contributed by atoms with Crippen LogP contribution < -0.4 is 15.4 Å². The number of esters is 1. The maximum atomic E-state index is 12.2. The molecule has 158 valence electrons. The molecule has 0 radical (unpaired) electrons. The lowest BCUT2D eigenvalue weighted by Crippen LogP contribution is -2.32. The first-order valence-corrected chi connectivity index (χ1v) is 9.59. The lowest BCUT2D eigenvalue weighted by Gasteiger charge is -2.10. The quantitative estimate of drug-likeness (QED) is 0.548. The predicted molar refractivity (Wildman–Crippen MR) is 117 cm³/mol. The summed E-state index contributed by atoms with van der Waals surface area (Å²) in [6, 6.07) is 23.7. The number of rotatable bonds is 8. The van der Waals surface area contributed by atoms with Crippen LogP contribution in [-0.2, 0) is 14.3 Å². The highest BCUT2D eigenvalue weighted by Gasteiger charge is 2.12. The van der Waals surface area contributed by atoms with E-state index < -0.39 is 24.4 Å². The summed E-state index contributed by atoms with van der Waals surface area (Å²) in [5.41, 5.74) is 2.92. The molecule has 7 nitrogen and oxygen atoms in total. The number of benzene rings is 3. The molecule has 0 saturated heterocycles. The van der Waals surface area contributed by atoms with Crippen LogP contribution in [0.25, 0.3) is 11.1 Å². The minimum Gasteiger partial charge on any atom is -0.495 e. The number of nitrogens with one attached hydrogen (secondary N) is 2. The Balaban J connectivity index is 1.44. The fraction of sp³-hybridized carbons (Fsp3) is 0.125. The van der Waals surface area contributed by atoms with Crippen molar-refractivity contribution in [1.29, 1.82) is 0 Å². The average Bonchev–Trinajstić information content (AvgIpc) is 2.82. The van der Waals surface area contributed by atoms with E-state index in [-0.39, 0.29) is 6.54 Å². The maximum absolute atomic E-state index is 12.2. The molecule has 0 heterocycles. The van der Waals surface area contributed by atoms with Crippen LogP contribution in [0.1, 0.15) is 10.4 Å². The second-order valence-corrected chi connectivity index (χ2v) is 6.54. The van der Waals surface area contributed by atoms with Gasteiger partial charge in [0.05, 0.1) is 12.8 Å². The summed E-state index contributed by atoms with van der Waals surface area (Å²) in [6.07, 6.45) is 0. The van der Waals surface area contributed by atoms with E-state index in [2.05, 4.69) is 10.6 Å². The highest BCUT2D eigenvalue weighted by Crippen LogP contribution is 2.22. The molecule has 0 aromatic heterocycles. The smallest absolute Gasteiger partial charge is 0.325 e. The number of ether oxygens (including phenoxy) is 2. The maximum Gasteiger partial charge on any atom is 0.325 e. The van der Waals surface area contributed by atoms with Crippen LogP contribution in [0.5, 0.6) is 5.75 Å². The zero-order valence-electron chi connectivity index (χ0n) is 17.0. The summed E-state index contributed by atoms with van der Waals surface area (Å²) in [4.78, 5) is 36.1. The van der Waals surface area contributed by atoms with Crippen LogP contribution in [0.4, 0.5) is 5.69 Å².